The van der Waals surface area contributed by atoms with Crippen LogP contribution in [0.1, 0.15) is 53.5 Å². The molecule has 2 spiro atoms. The van der Waals surface area contributed by atoms with Crippen molar-refractivity contribution in [1.82, 2.24) is 0 Å². The van der Waals surface area contributed by atoms with Gasteiger partial charge in [0.15, 0.2) is 0 Å². The predicted octanol–water partition coefficient (Wildman–Crippen LogP) is 4.68. The van der Waals surface area contributed by atoms with Gasteiger partial charge in [0, 0.05) is 23.4 Å². The molecule has 0 amide bonds. The maximum Gasteiger partial charge on any atom is 0.127 e. The first-order valence-corrected chi connectivity index (χ1v) is 11.4. The Labute approximate surface area is 180 Å². The zero-order valence-corrected chi connectivity index (χ0v) is 18.6. The van der Waals surface area contributed by atoms with Crippen LogP contribution in [0.15, 0.2) is 41.4 Å². The van der Waals surface area contributed by atoms with Gasteiger partial charge in [-0.1, -0.05) is 34.1 Å². The molecule has 0 aromatic heterocycles. The summed E-state index contributed by atoms with van der Waals surface area (Å²) >= 11 is 3.64. The molecule has 29 heavy (non-hydrogen) atoms. The number of benzene rings is 2. The highest BCUT2D eigenvalue weighted by Crippen LogP contribution is 2.65. The second kappa shape index (κ2) is 6.85. The number of alkyl halides is 1. The molecule has 1 atom stereocenters. The molecule has 2 aromatic carbocycles. The van der Waals surface area contributed by atoms with Crippen molar-refractivity contribution in [3.63, 3.8) is 0 Å². The van der Waals surface area contributed by atoms with E-state index in [1.54, 1.807) is 7.11 Å². The molecule has 1 aliphatic heterocycles. The molecular formula is C24H27BrN2O2. The number of fused-ring (bicyclic) bond motifs is 5. The van der Waals surface area contributed by atoms with Gasteiger partial charge in [-0.2, -0.15) is 0 Å². The first kappa shape index (κ1) is 19.1. The van der Waals surface area contributed by atoms with Crippen molar-refractivity contribution in [3.8, 4) is 5.75 Å². The Balaban J connectivity index is 1.77. The summed E-state index contributed by atoms with van der Waals surface area (Å²) in [5.74, 6) is 1.51. The average Bonchev–Trinajstić information content (AvgIpc) is 3.20. The van der Waals surface area contributed by atoms with Crippen LogP contribution in [-0.2, 0) is 22.0 Å². The Morgan fingerprint density at radius 1 is 1.10 bits per heavy atom. The van der Waals surface area contributed by atoms with Gasteiger partial charge in [0.1, 0.15) is 17.1 Å². The molecule has 1 saturated carbocycles. The van der Waals surface area contributed by atoms with Gasteiger partial charge in [-0.05, 0) is 72.6 Å². The number of hydrogen-bond acceptors (Lipinski definition) is 4. The van der Waals surface area contributed by atoms with E-state index in [0.29, 0.717) is 11.9 Å². The zero-order valence-electron chi connectivity index (χ0n) is 17.0. The van der Waals surface area contributed by atoms with Crippen molar-refractivity contribution in [2.24, 2.45) is 16.1 Å². The van der Waals surface area contributed by atoms with E-state index in [-0.39, 0.29) is 5.41 Å². The van der Waals surface area contributed by atoms with Gasteiger partial charge in [0.25, 0.3) is 0 Å². The maximum absolute atomic E-state index is 6.54. The van der Waals surface area contributed by atoms with Crippen LogP contribution in [0.2, 0.25) is 0 Å². The van der Waals surface area contributed by atoms with Crippen LogP contribution in [0.3, 0.4) is 0 Å². The molecule has 1 fully saturated rings. The standard InChI is InChI=1S/C24H27BrN2O2/c1-28-17-7-9-23(10-8-17)13-16-4-3-15(14-25)11-20(16)24(23)21-12-18(29-2)5-6-19(21)22(26)27-24/h3-6,11-12,17H,7-10,13-14H2,1-2H3,(H2,26,27). The highest BCUT2D eigenvalue weighted by atomic mass is 79.9. The van der Waals surface area contributed by atoms with Gasteiger partial charge in [0.2, 0.25) is 0 Å². The molecule has 1 heterocycles. The molecule has 4 nitrogen and oxygen atoms in total. The number of nitrogens with two attached hydrogens (primary N) is 1. The average molecular weight is 455 g/mol. The molecule has 5 heteroatoms. The minimum absolute atomic E-state index is 0.0253. The van der Waals surface area contributed by atoms with Crippen molar-refractivity contribution in [1.29, 1.82) is 0 Å². The molecule has 2 aromatic rings. The third-order valence-corrected chi connectivity index (χ3v) is 8.07. The van der Waals surface area contributed by atoms with Crippen LogP contribution < -0.4 is 10.5 Å². The van der Waals surface area contributed by atoms with Crippen molar-refractivity contribution in [3.05, 3.63) is 64.2 Å². The summed E-state index contributed by atoms with van der Waals surface area (Å²) in [5, 5.41) is 0.833. The molecule has 0 radical (unpaired) electrons. The van der Waals surface area contributed by atoms with Gasteiger partial charge in [-0.3, -0.25) is 4.99 Å². The fraction of sp³-hybridized carbons (Fsp3) is 0.458. The number of rotatable bonds is 3. The number of methoxy groups -OCH3 is 2. The lowest BCUT2D eigenvalue weighted by molar-refractivity contribution is 0.00681. The number of ether oxygens (including phenoxy) is 2. The van der Waals surface area contributed by atoms with E-state index in [2.05, 4.69) is 46.3 Å². The molecule has 152 valence electrons. The van der Waals surface area contributed by atoms with Crippen molar-refractivity contribution in [2.45, 2.75) is 49.1 Å². The summed E-state index contributed by atoms with van der Waals surface area (Å²) in [6.45, 7) is 0. The minimum Gasteiger partial charge on any atom is -0.497 e. The predicted molar refractivity (Wildman–Crippen MR) is 119 cm³/mol. The number of nitrogens with zero attached hydrogens (tertiary/aromatic N) is 1. The Morgan fingerprint density at radius 3 is 2.59 bits per heavy atom. The third-order valence-electron chi connectivity index (χ3n) is 7.42. The lowest BCUT2D eigenvalue weighted by atomic mass is 9.59. The Morgan fingerprint density at radius 2 is 1.90 bits per heavy atom. The second-order valence-corrected chi connectivity index (χ2v) is 9.20. The summed E-state index contributed by atoms with van der Waals surface area (Å²) in [4.78, 5) is 5.29. The molecule has 3 aliphatic rings. The first-order valence-electron chi connectivity index (χ1n) is 10.3. The van der Waals surface area contributed by atoms with Gasteiger partial charge in [0.05, 0.1) is 13.2 Å². The van der Waals surface area contributed by atoms with E-state index < -0.39 is 5.54 Å². The number of halogens is 1. The Hall–Kier alpha value is -1.85. The van der Waals surface area contributed by atoms with E-state index in [9.17, 15) is 0 Å². The summed E-state index contributed by atoms with van der Waals surface area (Å²) in [5.41, 5.74) is 12.4. The van der Waals surface area contributed by atoms with E-state index in [1.807, 2.05) is 13.2 Å². The van der Waals surface area contributed by atoms with Crippen LogP contribution in [0.4, 0.5) is 0 Å². The van der Waals surface area contributed by atoms with Gasteiger partial charge < -0.3 is 15.2 Å². The quantitative estimate of drug-likeness (QED) is 0.684. The number of amidine groups is 1. The first-order chi connectivity index (χ1) is 14.1. The normalized spacial score (nSPS) is 29.8. The van der Waals surface area contributed by atoms with E-state index in [4.69, 9.17) is 20.2 Å². The fourth-order valence-corrected chi connectivity index (χ4v) is 6.33. The number of hydrogen-bond donors (Lipinski definition) is 1. The Bertz CT molecular complexity index is 994. The zero-order chi connectivity index (χ0) is 20.2. The van der Waals surface area contributed by atoms with Crippen LogP contribution in [0.25, 0.3) is 0 Å². The van der Waals surface area contributed by atoms with E-state index in [0.717, 1.165) is 48.7 Å². The van der Waals surface area contributed by atoms with Gasteiger partial charge >= 0.3 is 0 Å². The monoisotopic (exact) mass is 454 g/mol. The lowest BCUT2D eigenvalue weighted by Gasteiger charge is -2.47. The van der Waals surface area contributed by atoms with Crippen LogP contribution in [0.5, 0.6) is 5.75 Å². The second-order valence-electron chi connectivity index (χ2n) is 8.64. The summed E-state index contributed by atoms with van der Waals surface area (Å²) in [7, 11) is 3.55. The van der Waals surface area contributed by atoms with E-state index in [1.165, 1.54) is 22.3 Å². The lowest BCUT2D eigenvalue weighted by Crippen LogP contribution is -2.45. The molecule has 2 aliphatic carbocycles. The molecule has 1 unspecified atom stereocenters. The highest BCUT2D eigenvalue weighted by Gasteiger charge is 2.62. The van der Waals surface area contributed by atoms with Crippen molar-refractivity contribution in [2.75, 3.05) is 14.2 Å². The molecular weight excluding hydrogens is 428 g/mol. The summed E-state index contributed by atoms with van der Waals surface area (Å²) in [6.07, 6.45) is 5.66. The van der Waals surface area contributed by atoms with Crippen molar-refractivity contribution >= 4 is 21.8 Å². The Kier molecular flexibility index (Phi) is 4.52. The van der Waals surface area contributed by atoms with Crippen molar-refractivity contribution < 1.29 is 9.47 Å². The SMILES string of the molecule is COc1ccc2c(c1)C1(N=C2N)c2cc(CBr)ccc2CC12CCC(OC)CC2. The molecule has 0 bridgehead atoms. The summed E-state index contributed by atoms with van der Waals surface area (Å²) in [6, 6.07) is 13.1. The topological polar surface area (TPSA) is 56.8 Å². The molecule has 2 N–H and O–H groups in total. The summed E-state index contributed by atoms with van der Waals surface area (Å²) < 4.78 is 11.3. The van der Waals surface area contributed by atoms with E-state index >= 15 is 0 Å². The molecule has 5 rings (SSSR count). The largest absolute Gasteiger partial charge is 0.497 e. The fourth-order valence-electron chi connectivity index (χ4n) is 5.98. The van der Waals surface area contributed by atoms with Crippen LogP contribution in [0, 0.1) is 5.41 Å². The smallest absolute Gasteiger partial charge is 0.127 e. The van der Waals surface area contributed by atoms with Gasteiger partial charge in [-0.15, -0.1) is 0 Å². The molecule has 0 saturated heterocycles. The van der Waals surface area contributed by atoms with Gasteiger partial charge in [-0.25, -0.2) is 0 Å². The van der Waals surface area contributed by atoms with Crippen LogP contribution in [-0.4, -0.2) is 26.2 Å². The highest BCUT2D eigenvalue weighted by molar-refractivity contribution is 9.08. The number of aliphatic imine (C=N–C) groups is 1. The third kappa shape index (κ3) is 2.56. The van der Waals surface area contributed by atoms with Crippen LogP contribution >= 0.6 is 15.9 Å². The minimum atomic E-state index is -0.437. The maximum atomic E-state index is 6.54.